The van der Waals surface area contributed by atoms with Crippen molar-refractivity contribution in [3.8, 4) is 0 Å². The maximum Gasteiger partial charge on any atom is 0.210 e. The molecule has 0 saturated carbocycles. The quantitative estimate of drug-likeness (QED) is 0.185. The summed E-state index contributed by atoms with van der Waals surface area (Å²) in [5, 5.41) is 18.5. The van der Waals surface area contributed by atoms with Gasteiger partial charge in [0.2, 0.25) is 10.3 Å². The predicted molar refractivity (Wildman–Crippen MR) is 158 cm³/mol. The van der Waals surface area contributed by atoms with Gasteiger partial charge in [-0.25, -0.2) is 19.3 Å². The molecule has 3 aromatic carbocycles. The summed E-state index contributed by atoms with van der Waals surface area (Å²) in [5.74, 6) is 15.2. The molecule has 3 heterocycles. The van der Waals surface area contributed by atoms with Crippen LogP contribution in [0.15, 0.2) is 95.2 Å². The van der Waals surface area contributed by atoms with E-state index in [2.05, 4.69) is 20.4 Å². The lowest BCUT2D eigenvalue weighted by Gasteiger charge is -2.10. The number of aromatic nitrogens is 8. The Morgan fingerprint density at radius 2 is 0.925 bits per heavy atom. The lowest BCUT2D eigenvalue weighted by atomic mass is 10.1. The number of thioether (sulfide) groups is 2. The molecule has 3 aromatic heterocycles. The fourth-order valence-electron chi connectivity index (χ4n) is 4.18. The molecule has 40 heavy (non-hydrogen) atoms. The van der Waals surface area contributed by atoms with E-state index in [1.54, 1.807) is 9.35 Å². The second-order valence-electron chi connectivity index (χ2n) is 9.05. The van der Waals surface area contributed by atoms with E-state index in [0.717, 1.165) is 33.5 Å². The van der Waals surface area contributed by atoms with Gasteiger partial charge in [-0.2, -0.15) is 0 Å². The number of para-hydroxylation sites is 2. The highest BCUT2D eigenvalue weighted by Crippen LogP contribution is 2.27. The summed E-state index contributed by atoms with van der Waals surface area (Å²) in [5.41, 5.74) is 5.60. The third kappa shape index (κ3) is 5.77. The van der Waals surface area contributed by atoms with E-state index in [-0.39, 0.29) is 0 Å². The lowest BCUT2D eigenvalue weighted by molar-refractivity contribution is 0.804. The number of nitrogens with zero attached hydrogens (tertiary/aromatic N) is 8. The molecule has 0 saturated heterocycles. The van der Waals surface area contributed by atoms with Gasteiger partial charge in [0, 0.05) is 24.3 Å². The first-order valence-electron chi connectivity index (χ1n) is 12.6. The molecule has 10 nitrogen and oxygen atoms in total. The topological polar surface area (TPSA) is 139 Å². The minimum absolute atomic E-state index is 0.531. The van der Waals surface area contributed by atoms with Crippen LogP contribution in [-0.4, -0.2) is 39.7 Å². The Balaban J connectivity index is 1.19. The Bertz CT molecular complexity index is 1610. The van der Waals surface area contributed by atoms with Gasteiger partial charge in [-0.1, -0.05) is 96.3 Å². The van der Waals surface area contributed by atoms with E-state index in [1.165, 1.54) is 23.5 Å². The van der Waals surface area contributed by atoms with Crippen LogP contribution < -0.4 is 11.7 Å². The Labute approximate surface area is 239 Å². The van der Waals surface area contributed by atoms with E-state index in [4.69, 9.17) is 21.7 Å². The van der Waals surface area contributed by atoms with E-state index < -0.39 is 0 Å². The zero-order chi connectivity index (χ0) is 27.3. The van der Waals surface area contributed by atoms with E-state index in [0.29, 0.717) is 46.3 Å². The SMILES string of the molecule is Nn1c(Cc2ccccc2)nnc1SCc1nc2ccccc2nc1CSc1nnc(Cc2ccccc2)n1N. The summed E-state index contributed by atoms with van der Waals surface area (Å²) in [6, 6.07) is 28.0. The highest BCUT2D eigenvalue weighted by molar-refractivity contribution is 7.98. The second kappa shape index (κ2) is 11.8. The Morgan fingerprint density at radius 3 is 1.35 bits per heavy atom. The molecule has 200 valence electrons. The van der Waals surface area contributed by atoms with Gasteiger partial charge in [0.25, 0.3) is 0 Å². The molecule has 0 amide bonds. The predicted octanol–water partition coefficient (Wildman–Crippen LogP) is 4.01. The van der Waals surface area contributed by atoms with Crippen molar-refractivity contribution in [3.05, 3.63) is 119 Å². The average Bonchev–Trinajstić information content (AvgIpc) is 3.52. The Hall–Kier alpha value is -4.42. The van der Waals surface area contributed by atoms with E-state index >= 15 is 0 Å². The van der Waals surface area contributed by atoms with Crippen LogP contribution in [0.5, 0.6) is 0 Å². The van der Waals surface area contributed by atoms with Gasteiger partial charge in [-0.15, -0.1) is 20.4 Å². The smallest absolute Gasteiger partial charge is 0.210 e. The molecule has 0 fully saturated rings. The first kappa shape index (κ1) is 25.8. The molecule has 0 aliphatic carbocycles. The zero-order valence-electron chi connectivity index (χ0n) is 21.5. The molecule has 4 N–H and O–H groups in total. The molecule has 0 aliphatic heterocycles. The number of fused-ring (bicyclic) bond motifs is 1. The van der Waals surface area contributed by atoms with Crippen molar-refractivity contribution >= 4 is 34.6 Å². The highest BCUT2D eigenvalue weighted by Gasteiger charge is 2.17. The normalized spacial score (nSPS) is 11.3. The van der Waals surface area contributed by atoms with Gasteiger partial charge < -0.3 is 11.7 Å². The summed E-state index contributed by atoms with van der Waals surface area (Å²) in [6.07, 6.45) is 1.21. The van der Waals surface area contributed by atoms with Gasteiger partial charge in [-0.05, 0) is 23.3 Å². The highest BCUT2D eigenvalue weighted by atomic mass is 32.2. The summed E-state index contributed by atoms with van der Waals surface area (Å²) < 4.78 is 3.09. The maximum atomic E-state index is 6.35. The molecule has 12 heteroatoms. The fraction of sp³-hybridized carbons (Fsp3) is 0.143. The molecular weight excluding hydrogens is 541 g/mol. The number of hydrogen-bond acceptors (Lipinski definition) is 10. The van der Waals surface area contributed by atoms with Gasteiger partial charge in [0.15, 0.2) is 11.6 Å². The van der Waals surface area contributed by atoms with Crippen molar-refractivity contribution in [2.24, 2.45) is 0 Å². The zero-order valence-corrected chi connectivity index (χ0v) is 23.1. The third-order valence-electron chi connectivity index (χ3n) is 6.28. The van der Waals surface area contributed by atoms with Gasteiger partial charge >= 0.3 is 0 Å². The standard InChI is InChI=1S/C28H26N10S2/c29-37-25(15-19-9-3-1-4-10-19)33-35-27(37)39-17-23-24(32-22-14-8-7-13-21(22)31-23)18-40-28-36-34-26(38(28)30)16-20-11-5-2-6-12-20/h1-14H,15-18,29-30H2. The van der Waals surface area contributed by atoms with Crippen molar-refractivity contribution in [3.63, 3.8) is 0 Å². The number of benzene rings is 3. The monoisotopic (exact) mass is 566 g/mol. The van der Waals surface area contributed by atoms with Crippen LogP contribution in [0.4, 0.5) is 0 Å². The molecule has 0 aliphatic rings. The minimum atomic E-state index is 0.531. The molecule has 0 unspecified atom stereocenters. The number of hydrogen-bond donors (Lipinski definition) is 2. The lowest BCUT2D eigenvalue weighted by Crippen LogP contribution is -2.15. The van der Waals surface area contributed by atoms with Crippen molar-refractivity contribution in [1.29, 1.82) is 0 Å². The van der Waals surface area contributed by atoms with E-state index in [9.17, 15) is 0 Å². The van der Waals surface area contributed by atoms with Crippen LogP contribution in [0.1, 0.15) is 34.2 Å². The number of rotatable bonds is 10. The van der Waals surface area contributed by atoms with Crippen molar-refractivity contribution in [2.75, 3.05) is 11.7 Å². The van der Waals surface area contributed by atoms with Crippen LogP contribution in [0.25, 0.3) is 11.0 Å². The first-order chi connectivity index (χ1) is 19.6. The van der Waals surface area contributed by atoms with Crippen molar-refractivity contribution in [2.45, 2.75) is 34.7 Å². The molecule has 0 radical (unpaired) electrons. The van der Waals surface area contributed by atoms with Gasteiger partial charge in [0.1, 0.15) is 0 Å². The molecular formula is C28H26N10S2. The van der Waals surface area contributed by atoms with Crippen LogP contribution in [0.3, 0.4) is 0 Å². The van der Waals surface area contributed by atoms with Crippen LogP contribution in [-0.2, 0) is 24.3 Å². The number of nitrogen functional groups attached to an aromatic ring is 2. The average molecular weight is 567 g/mol. The summed E-state index contributed by atoms with van der Waals surface area (Å²) in [6.45, 7) is 0. The van der Waals surface area contributed by atoms with Gasteiger partial charge in [-0.3, -0.25) is 0 Å². The second-order valence-corrected chi connectivity index (χ2v) is 10.9. The minimum Gasteiger partial charge on any atom is -0.336 e. The molecule has 0 atom stereocenters. The van der Waals surface area contributed by atoms with Crippen LogP contribution >= 0.6 is 23.5 Å². The van der Waals surface area contributed by atoms with Crippen molar-refractivity contribution in [1.82, 2.24) is 39.7 Å². The molecule has 0 bridgehead atoms. The third-order valence-corrected chi connectivity index (χ3v) is 8.19. The Morgan fingerprint density at radius 1 is 0.525 bits per heavy atom. The summed E-state index contributed by atoms with van der Waals surface area (Å²) in [7, 11) is 0. The number of nitrogens with two attached hydrogens (primary N) is 2. The Kier molecular flexibility index (Phi) is 7.60. The fourth-order valence-corrected chi connectivity index (χ4v) is 5.86. The van der Waals surface area contributed by atoms with Crippen molar-refractivity contribution < 1.29 is 0 Å². The molecule has 6 rings (SSSR count). The largest absolute Gasteiger partial charge is 0.336 e. The first-order valence-corrected chi connectivity index (χ1v) is 14.6. The van der Waals surface area contributed by atoms with E-state index in [1.807, 2.05) is 84.9 Å². The summed E-state index contributed by atoms with van der Waals surface area (Å²) >= 11 is 2.96. The van der Waals surface area contributed by atoms with Crippen LogP contribution in [0, 0.1) is 0 Å². The molecule has 0 spiro atoms. The maximum absolute atomic E-state index is 6.35. The van der Waals surface area contributed by atoms with Gasteiger partial charge in [0.05, 0.1) is 22.4 Å². The summed E-state index contributed by atoms with van der Waals surface area (Å²) in [4.78, 5) is 9.84. The van der Waals surface area contributed by atoms with Crippen LogP contribution in [0.2, 0.25) is 0 Å². The molecule has 6 aromatic rings.